The highest BCUT2D eigenvalue weighted by molar-refractivity contribution is 4.72. The highest BCUT2D eigenvalue weighted by Gasteiger charge is 2.16. The minimum Gasteiger partial charge on any atom is -0.316 e. The molecular weight excluding hydrogens is 128 g/mol. The lowest BCUT2D eigenvalue weighted by atomic mass is 10.0. The lowest BCUT2D eigenvalue weighted by Gasteiger charge is -2.12. The Morgan fingerprint density at radius 1 is 1.80 bits per heavy atom. The van der Waals surface area contributed by atoms with E-state index in [4.69, 9.17) is 5.90 Å². The zero-order valence-corrected chi connectivity index (χ0v) is 6.47. The van der Waals surface area contributed by atoms with Crippen molar-refractivity contribution in [3.05, 3.63) is 0 Å². The maximum Gasteiger partial charge on any atom is 0.0762 e. The molecule has 0 saturated carbocycles. The molecule has 1 saturated heterocycles. The lowest BCUT2D eigenvalue weighted by Crippen LogP contribution is -2.19. The van der Waals surface area contributed by atoms with Crippen molar-refractivity contribution in [2.24, 2.45) is 11.8 Å². The van der Waals surface area contributed by atoms with Crippen LogP contribution in [0.5, 0.6) is 0 Å². The van der Waals surface area contributed by atoms with Gasteiger partial charge in [-0.25, -0.2) is 5.90 Å². The second kappa shape index (κ2) is 3.91. The van der Waals surface area contributed by atoms with E-state index in [1.165, 1.54) is 6.42 Å². The summed E-state index contributed by atoms with van der Waals surface area (Å²) in [6.45, 7) is 4.30. The van der Waals surface area contributed by atoms with Crippen LogP contribution < -0.4 is 11.2 Å². The third kappa shape index (κ3) is 2.25. The van der Waals surface area contributed by atoms with Crippen molar-refractivity contribution in [1.82, 2.24) is 5.32 Å². The Bertz CT molecular complexity index is 91.6. The van der Waals surface area contributed by atoms with Gasteiger partial charge in [-0.15, -0.1) is 0 Å². The van der Waals surface area contributed by atoms with Gasteiger partial charge < -0.3 is 10.2 Å². The van der Waals surface area contributed by atoms with Gasteiger partial charge in [-0.2, -0.15) is 0 Å². The van der Waals surface area contributed by atoms with Crippen LogP contribution >= 0.6 is 0 Å². The van der Waals surface area contributed by atoms with E-state index in [0.29, 0.717) is 0 Å². The van der Waals surface area contributed by atoms with Crippen LogP contribution in [0.4, 0.5) is 0 Å². The molecule has 0 aromatic heterocycles. The van der Waals surface area contributed by atoms with Gasteiger partial charge in [0.2, 0.25) is 0 Å². The van der Waals surface area contributed by atoms with Crippen molar-refractivity contribution in [3.8, 4) is 0 Å². The highest BCUT2D eigenvalue weighted by Crippen LogP contribution is 2.14. The van der Waals surface area contributed by atoms with Gasteiger partial charge in [0.15, 0.2) is 0 Å². The smallest absolute Gasteiger partial charge is 0.0762 e. The molecule has 1 fully saturated rings. The Balaban J connectivity index is 2.11. The Morgan fingerprint density at radius 3 is 3.10 bits per heavy atom. The normalized spacial score (nSPS) is 28.8. The monoisotopic (exact) mass is 144 g/mol. The molecule has 0 aromatic rings. The van der Waals surface area contributed by atoms with Crippen LogP contribution in [0.3, 0.4) is 0 Å². The Hall–Kier alpha value is -0.120. The van der Waals surface area contributed by atoms with Gasteiger partial charge in [0, 0.05) is 0 Å². The van der Waals surface area contributed by atoms with Crippen LogP contribution in [0.1, 0.15) is 19.8 Å². The quantitative estimate of drug-likeness (QED) is 0.559. The van der Waals surface area contributed by atoms with E-state index in [9.17, 15) is 0 Å². The molecule has 3 heteroatoms. The van der Waals surface area contributed by atoms with E-state index in [-0.39, 0.29) is 6.10 Å². The predicted octanol–water partition coefficient (Wildman–Crippen LogP) is 0.265. The number of nitrogens with two attached hydrogens (primary N) is 1. The van der Waals surface area contributed by atoms with E-state index in [1.54, 1.807) is 0 Å². The first-order valence-electron chi connectivity index (χ1n) is 3.89. The molecule has 2 atom stereocenters. The van der Waals surface area contributed by atoms with Crippen LogP contribution in [0.15, 0.2) is 0 Å². The molecule has 0 aromatic carbocycles. The third-order valence-corrected chi connectivity index (χ3v) is 2.06. The van der Waals surface area contributed by atoms with Crippen molar-refractivity contribution >= 4 is 0 Å². The lowest BCUT2D eigenvalue weighted by molar-refractivity contribution is 0.0505. The minimum atomic E-state index is 0.213. The van der Waals surface area contributed by atoms with Crippen molar-refractivity contribution in [2.75, 3.05) is 13.1 Å². The fourth-order valence-electron chi connectivity index (χ4n) is 1.44. The van der Waals surface area contributed by atoms with E-state index in [2.05, 4.69) is 10.2 Å². The summed E-state index contributed by atoms with van der Waals surface area (Å²) in [4.78, 5) is 4.68. The standard InChI is InChI=1S/C7H16N2O/c1-6(10-8)4-7-2-3-9-5-7/h6-7,9H,2-5,8H2,1H3. The largest absolute Gasteiger partial charge is 0.316 e. The molecule has 0 spiro atoms. The summed E-state index contributed by atoms with van der Waals surface area (Å²) < 4.78 is 0. The summed E-state index contributed by atoms with van der Waals surface area (Å²) in [7, 11) is 0. The Morgan fingerprint density at radius 2 is 2.60 bits per heavy atom. The maximum atomic E-state index is 5.03. The molecule has 1 heterocycles. The molecule has 1 rings (SSSR count). The first-order chi connectivity index (χ1) is 4.83. The molecule has 3 nitrogen and oxygen atoms in total. The molecule has 0 radical (unpaired) electrons. The van der Waals surface area contributed by atoms with Gasteiger partial charge in [0.25, 0.3) is 0 Å². The van der Waals surface area contributed by atoms with Gasteiger partial charge in [-0.05, 0) is 38.8 Å². The van der Waals surface area contributed by atoms with Gasteiger partial charge in [0.1, 0.15) is 0 Å². The van der Waals surface area contributed by atoms with Crippen LogP contribution in [-0.2, 0) is 4.84 Å². The number of rotatable bonds is 3. The summed E-state index contributed by atoms with van der Waals surface area (Å²) >= 11 is 0. The number of hydrogen-bond acceptors (Lipinski definition) is 3. The summed E-state index contributed by atoms with van der Waals surface area (Å²) in [6.07, 6.45) is 2.57. The first-order valence-corrected chi connectivity index (χ1v) is 3.89. The molecule has 0 bridgehead atoms. The SMILES string of the molecule is CC(CC1CCNC1)ON. The van der Waals surface area contributed by atoms with Gasteiger partial charge >= 0.3 is 0 Å². The predicted molar refractivity (Wildman–Crippen MR) is 40.3 cm³/mol. The van der Waals surface area contributed by atoms with Crippen LogP contribution in [0.2, 0.25) is 0 Å². The highest BCUT2D eigenvalue weighted by atomic mass is 16.6. The zero-order valence-electron chi connectivity index (χ0n) is 6.47. The molecule has 1 aliphatic heterocycles. The summed E-state index contributed by atoms with van der Waals surface area (Å²) in [5.41, 5.74) is 0. The van der Waals surface area contributed by atoms with E-state index in [0.717, 1.165) is 25.4 Å². The average molecular weight is 144 g/mol. The summed E-state index contributed by atoms with van der Waals surface area (Å²) in [5, 5.41) is 3.31. The van der Waals surface area contributed by atoms with Crippen LogP contribution in [-0.4, -0.2) is 19.2 Å². The topological polar surface area (TPSA) is 47.3 Å². The number of nitrogens with one attached hydrogen (secondary N) is 1. The molecule has 2 unspecified atom stereocenters. The first kappa shape index (κ1) is 7.98. The Kier molecular flexibility index (Phi) is 3.12. The van der Waals surface area contributed by atoms with Crippen molar-refractivity contribution in [3.63, 3.8) is 0 Å². The molecule has 10 heavy (non-hydrogen) atoms. The summed E-state index contributed by atoms with van der Waals surface area (Å²) in [6, 6.07) is 0. The molecule has 0 amide bonds. The Labute approximate surface area is 61.9 Å². The van der Waals surface area contributed by atoms with E-state index in [1.807, 2.05) is 6.92 Å². The molecule has 1 aliphatic rings. The molecule has 60 valence electrons. The maximum absolute atomic E-state index is 5.03. The van der Waals surface area contributed by atoms with Crippen molar-refractivity contribution in [1.29, 1.82) is 0 Å². The van der Waals surface area contributed by atoms with E-state index < -0.39 is 0 Å². The van der Waals surface area contributed by atoms with Crippen molar-refractivity contribution < 1.29 is 4.84 Å². The second-order valence-electron chi connectivity index (χ2n) is 3.04. The summed E-state index contributed by atoms with van der Waals surface area (Å²) in [5.74, 6) is 5.81. The molecule has 0 aliphatic carbocycles. The van der Waals surface area contributed by atoms with E-state index >= 15 is 0 Å². The van der Waals surface area contributed by atoms with Crippen molar-refractivity contribution in [2.45, 2.75) is 25.9 Å². The zero-order chi connectivity index (χ0) is 7.40. The van der Waals surface area contributed by atoms with Crippen LogP contribution in [0.25, 0.3) is 0 Å². The fraction of sp³-hybridized carbons (Fsp3) is 1.00. The van der Waals surface area contributed by atoms with Gasteiger partial charge in [-0.1, -0.05) is 0 Å². The minimum absolute atomic E-state index is 0.213. The fourth-order valence-corrected chi connectivity index (χ4v) is 1.44. The third-order valence-electron chi connectivity index (χ3n) is 2.06. The second-order valence-corrected chi connectivity index (χ2v) is 3.04. The molecule has 3 N–H and O–H groups in total. The van der Waals surface area contributed by atoms with Gasteiger partial charge in [-0.3, -0.25) is 0 Å². The van der Waals surface area contributed by atoms with Gasteiger partial charge in [0.05, 0.1) is 6.10 Å². The van der Waals surface area contributed by atoms with Crippen LogP contribution in [0, 0.1) is 5.92 Å². The average Bonchev–Trinajstić information content (AvgIpc) is 2.40. The molecular formula is C7H16N2O. The number of hydrogen-bond donors (Lipinski definition) is 2.